The van der Waals surface area contributed by atoms with Crippen molar-refractivity contribution in [1.29, 1.82) is 5.41 Å². The molecule has 5 nitrogen and oxygen atoms in total. The van der Waals surface area contributed by atoms with Crippen LogP contribution in [-0.2, 0) is 15.2 Å². The predicted molar refractivity (Wildman–Crippen MR) is 71.9 cm³/mol. The normalized spacial score (nSPS) is 17.2. The van der Waals surface area contributed by atoms with Crippen LogP contribution in [0, 0.1) is 5.41 Å². The van der Waals surface area contributed by atoms with Crippen LogP contribution >= 0.6 is 8.38 Å². The lowest BCUT2D eigenvalue weighted by Crippen LogP contribution is -2.21. The summed E-state index contributed by atoms with van der Waals surface area (Å²) in [4.78, 5) is 4.14. The number of hydrogen-bond acceptors (Lipinski definition) is 5. The van der Waals surface area contributed by atoms with Gasteiger partial charge in [0.1, 0.15) is 5.70 Å². The molecule has 2 rings (SSSR count). The van der Waals surface area contributed by atoms with Crippen LogP contribution in [-0.4, -0.2) is 30.1 Å². The van der Waals surface area contributed by atoms with Crippen molar-refractivity contribution in [1.82, 2.24) is 4.98 Å². The van der Waals surface area contributed by atoms with Gasteiger partial charge in [-0.2, -0.15) is 13.2 Å². The van der Waals surface area contributed by atoms with E-state index in [1.807, 2.05) is 0 Å². The number of rotatable bonds is 4. The molecule has 0 spiro atoms. The highest BCUT2D eigenvalue weighted by atomic mass is 31.2. The Morgan fingerprint density at radius 1 is 1.38 bits per heavy atom. The number of nitrogens with two attached hydrogens (primary N) is 1. The van der Waals surface area contributed by atoms with E-state index >= 15 is 0 Å². The van der Waals surface area contributed by atoms with E-state index in [1.54, 1.807) is 12.1 Å². The van der Waals surface area contributed by atoms with Crippen molar-refractivity contribution in [2.24, 2.45) is 5.73 Å². The van der Waals surface area contributed by atoms with Crippen molar-refractivity contribution >= 4 is 14.1 Å². The molecule has 0 bridgehead atoms. The van der Waals surface area contributed by atoms with Crippen LogP contribution in [0.25, 0.3) is 0 Å². The van der Waals surface area contributed by atoms with E-state index in [9.17, 15) is 13.2 Å². The fraction of sp³-hybridized carbons (Fsp3) is 0.333. The summed E-state index contributed by atoms with van der Waals surface area (Å²) in [6, 6.07) is 4.78. The summed E-state index contributed by atoms with van der Waals surface area (Å²) in [5, 5.41) is 7.65. The van der Waals surface area contributed by atoms with E-state index in [0.29, 0.717) is 31.1 Å². The van der Waals surface area contributed by atoms with E-state index in [0.717, 1.165) is 0 Å². The Labute approximate surface area is 120 Å². The average Bonchev–Trinajstić information content (AvgIpc) is 2.90. The molecule has 0 aromatic carbocycles. The number of allylic oxidation sites excluding steroid dienone is 2. The van der Waals surface area contributed by atoms with E-state index in [1.165, 1.54) is 6.07 Å². The third-order valence-electron chi connectivity index (χ3n) is 2.55. The second-order valence-corrected chi connectivity index (χ2v) is 5.68. The van der Waals surface area contributed by atoms with Gasteiger partial charge in [0.05, 0.1) is 36.5 Å². The minimum atomic E-state index is -4.65. The minimum Gasteiger partial charge on any atom is -0.395 e. The van der Waals surface area contributed by atoms with E-state index in [4.69, 9.17) is 20.2 Å². The average molecular weight is 319 g/mol. The summed E-state index contributed by atoms with van der Waals surface area (Å²) < 4.78 is 47.7. The lowest BCUT2D eigenvalue weighted by atomic mass is 10.2. The fourth-order valence-electron chi connectivity index (χ4n) is 1.57. The van der Waals surface area contributed by atoms with Crippen LogP contribution in [0.2, 0.25) is 0 Å². The Bertz CT molecular complexity index is 557. The van der Waals surface area contributed by atoms with Crippen LogP contribution in [0.1, 0.15) is 11.4 Å². The van der Waals surface area contributed by atoms with Gasteiger partial charge in [-0.05, 0) is 18.2 Å². The first-order chi connectivity index (χ1) is 9.86. The first-order valence-electron chi connectivity index (χ1n) is 5.99. The van der Waals surface area contributed by atoms with Gasteiger partial charge in [0.15, 0.2) is 8.38 Å². The molecule has 0 atom stereocenters. The Hall–Kier alpha value is -1.50. The maximum absolute atomic E-state index is 12.3. The number of nitrogens with zero attached hydrogens (tertiary/aromatic N) is 1. The van der Waals surface area contributed by atoms with Gasteiger partial charge in [0.2, 0.25) is 0 Å². The molecular weight excluding hydrogens is 306 g/mol. The van der Waals surface area contributed by atoms with Crippen molar-refractivity contribution in [2.75, 3.05) is 13.2 Å². The minimum absolute atomic E-state index is 0.119. The summed E-state index contributed by atoms with van der Waals surface area (Å²) in [7, 11) is -1.04. The summed E-state index contributed by atoms with van der Waals surface area (Å²) in [6.45, 7) is 1.07. The molecule has 0 unspecified atom stereocenters. The zero-order chi connectivity index (χ0) is 15.5. The number of nitrogens with one attached hydrogen (secondary N) is 1. The largest absolute Gasteiger partial charge is 0.430 e. The molecule has 0 aliphatic carbocycles. The Morgan fingerprint density at radius 2 is 2.05 bits per heavy atom. The van der Waals surface area contributed by atoms with Crippen molar-refractivity contribution in [3.63, 3.8) is 0 Å². The molecule has 0 saturated carbocycles. The zero-order valence-corrected chi connectivity index (χ0v) is 11.7. The standard InChI is InChI=1S/C12H13F3N3O2P/c13-12(14,15)11(17)6-9(16)10-3-1-2-8(18-10)7-21-19-4-5-20-21/h1-3,6,16H,4-5,7,17H2. The van der Waals surface area contributed by atoms with Gasteiger partial charge in [-0.15, -0.1) is 0 Å². The van der Waals surface area contributed by atoms with Gasteiger partial charge < -0.3 is 14.8 Å². The van der Waals surface area contributed by atoms with Gasteiger partial charge >= 0.3 is 6.18 Å². The summed E-state index contributed by atoms with van der Waals surface area (Å²) in [6.07, 6.45) is -3.66. The molecule has 1 aliphatic heterocycles. The molecule has 114 valence electrons. The molecular formula is C12H13F3N3O2P. The lowest BCUT2D eigenvalue weighted by Gasteiger charge is -2.09. The Morgan fingerprint density at radius 3 is 2.67 bits per heavy atom. The molecule has 1 fully saturated rings. The molecule has 2 heterocycles. The van der Waals surface area contributed by atoms with Crippen LogP contribution in [0.15, 0.2) is 30.0 Å². The number of aromatic nitrogens is 1. The third kappa shape index (κ3) is 4.49. The fourth-order valence-corrected chi connectivity index (χ4v) is 2.82. The summed E-state index contributed by atoms with van der Waals surface area (Å²) in [5.41, 5.74) is 3.89. The van der Waals surface area contributed by atoms with Gasteiger partial charge in [-0.25, -0.2) is 0 Å². The number of hydrogen-bond donors (Lipinski definition) is 2. The monoisotopic (exact) mass is 319 g/mol. The van der Waals surface area contributed by atoms with Gasteiger partial charge in [0.25, 0.3) is 0 Å². The van der Waals surface area contributed by atoms with E-state index < -0.39 is 26.0 Å². The smallest absolute Gasteiger partial charge is 0.395 e. The summed E-state index contributed by atoms with van der Waals surface area (Å²) >= 11 is 0. The van der Waals surface area contributed by atoms with Crippen LogP contribution in [0.5, 0.6) is 0 Å². The Balaban J connectivity index is 2.11. The van der Waals surface area contributed by atoms with Crippen molar-refractivity contribution in [3.8, 4) is 0 Å². The highest BCUT2D eigenvalue weighted by Gasteiger charge is 2.31. The van der Waals surface area contributed by atoms with Crippen LogP contribution < -0.4 is 5.73 Å². The van der Waals surface area contributed by atoms with E-state index in [2.05, 4.69) is 4.98 Å². The van der Waals surface area contributed by atoms with Gasteiger partial charge in [-0.1, -0.05) is 6.07 Å². The highest BCUT2D eigenvalue weighted by Crippen LogP contribution is 2.45. The van der Waals surface area contributed by atoms with Crippen molar-refractivity contribution < 1.29 is 22.2 Å². The van der Waals surface area contributed by atoms with Gasteiger partial charge in [0, 0.05) is 0 Å². The van der Waals surface area contributed by atoms with Crippen LogP contribution in [0.3, 0.4) is 0 Å². The zero-order valence-electron chi connectivity index (χ0n) is 10.9. The Kier molecular flexibility index (Phi) is 4.92. The molecule has 21 heavy (non-hydrogen) atoms. The quantitative estimate of drug-likeness (QED) is 0.660. The molecule has 1 saturated heterocycles. The third-order valence-corrected chi connectivity index (χ3v) is 4.08. The number of alkyl halides is 3. The van der Waals surface area contributed by atoms with Gasteiger partial charge in [-0.3, -0.25) is 10.4 Å². The van der Waals surface area contributed by atoms with Crippen LogP contribution in [0.4, 0.5) is 13.2 Å². The molecule has 3 N–H and O–H groups in total. The topological polar surface area (TPSA) is 81.2 Å². The predicted octanol–water partition coefficient (Wildman–Crippen LogP) is 2.71. The van der Waals surface area contributed by atoms with Crippen molar-refractivity contribution in [3.05, 3.63) is 41.4 Å². The number of pyridine rings is 1. The first kappa shape index (κ1) is 15.9. The molecule has 1 aliphatic rings. The molecule has 0 radical (unpaired) electrons. The lowest BCUT2D eigenvalue weighted by molar-refractivity contribution is -0.0925. The second-order valence-electron chi connectivity index (χ2n) is 4.18. The maximum atomic E-state index is 12.3. The summed E-state index contributed by atoms with van der Waals surface area (Å²) in [5.74, 6) is 0. The SMILES string of the molecule is N=C(C=C(N)C(F)(F)F)c1cccc(CP2OCCO2)n1. The molecule has 1 aromatic heterocycles. The number of halogens is 3. The molecule has 1 aromatic rings. The van der Waals surface area contributed by atoms with E-state index in [-0.39, 0.29) is 5.69 Å². The first-order valence-corrected chi connectivity index (χ1v) is 7.35. The molecule has 0 amide bonds. The van der Waals surface area contributed by atoms with Crippen molar-refractivity contribution in [2.45, 2.75) is 12.3 Å². The maximum Gasteiger partial charge on any atom is 0.430 e. The molecule has 9 heteroatoms. The second kappa shape index (κ2) is 6.51. The highest BCUT2D eigenvalue weighted by molar-refractivity contribution is 7.46.